The van der Waals surface area contributed by atoms with Crippen molar-refractivity contribution in [3.63, 3.8) is 0 Å². The molecule has 1 aromatic rings. The maximum absolute atomic E-state index is 11.4. The van der Waals surface area contributed by atoms with E-state index < -0.39 is 10.0 Å². The van der Waals surface area contributed by atoms with Gasteiger partial charge in [0.05, 0.1) is 6.10 Å². The number of hydrogen-bond acceptors (Lipinski definition) is 4. The third-order valence-electron chi connectivity index (χ3n) is 2.27. The van der Waals surface area contributed by atoms with E-state index in [1.54, 1.807) is 13.2 Å². The van der Waals surface area contributed by atoms with Crippen LogP contribution in [0, 0.1) is 0 Å². The molecule has 5 nitrogen and oxygen atoms in total. The molecule has 0 bridgehead atoms. The van der Waals surface area contributed by atoms with E-state index in [-0.39, 0.29) is 21.8 Å². The normalized spacial score (nSPS) is 13.3. The molecule has 0 spiro atoms. The quantitative estimate of drug-likeness (QED) is 0.867. The van der Waals surface area contributed by atoms with Crippen LogP contribution < -0.4 is 9.88 Å². The minimum absolute atomic E-state index is 0.112. The minimum Gasteiger partial charge on any atom is -0.489 e. The monoisotopic (exact) mass is 293 g/mol. The number of primary sulfonamides is 1. The van der Waals surface area contributed by atoms with Gasteiger partial charge in [-0.2, -0.15) is 0 Å². The molecule has 1 aromatic carbocycles. The number of halogens is 1. The molecule has 0 aliphatic carbocycles. The van der Waals surface area contributed by atoms with Crippen molar-refractivity contribution in [2.24, 2.45) is 5.14 Å². The first kappa shape index (κ1) is 15.2. The summed E-state index contributed by atoms with van der Waals surface area (Å²) in [5.41, 5.74) is 0. The maximum atomic E-state index is 11.4. The Balaban J connectivity index is 2.95. The van der Waals surface area contributed by atoms with Crippen LogP contribution in [0.25, 0.3) is 0 Å². The van der Waals surface area contributed by atoms with Gasteiger partial charge < -0.3 is 9.47 Å². The zero-order valence-corrected chi connectivity index (χ0v) is 11.8. The molecule has 0 heterocycles. The fraction of sp³-hybridized carbons (Fsp3) is 0.455. The molecule has 0 radical (unpaired) electrons. The van der Waals surface area contributed by atoms with Crippen LogP contribution in [-0.2, 0) is 14.8 Å². The van der Waals surface area contributed by atoms with Crippen molar-refractivity contribution >= 4 is 21.6 Å². The highest BCUT2D eigenvalue weighted by molar-refractivity contribution is 7.89. The molecule has 0 aliphatic rings. The van der Waals surface area contributed by atoms with Crippen molar-refractivity contribution in [1.29, 1.82) is 0 Å². The van der Waals surface area contributed by atoms with Gasteiger partial charge in [0.2, 0.25) is 10.0 Å². The molecule has 18 heavy (non-hydrogen) atoms. The topological polar surface area (TPSA) is 78.6 Å². The number of methoxy groups -OCH3 is 1. The highest BCUT2D eigenvalue weighted by Crippen LogP contribution is 2.27. The third kappa shape index (κ3) is 4.45. The highest BCUT2D eigenvalue weighted by atomic mass is 35.5. The van der Waals surface area contributed by atoms with E-state index in [1.165, 1.54) is 12.1 Å². The van der Waals surface area contributed by atoms with E-state index in [2.05, 4.69) is 0 Å². The molecule has 0 aromatic heterocycles. The second kappa shape index (κ2) is 6.38. The smallest absolute Gasteiger partial charge is 0.241 e. The van der Waals surface area contributed by atoms with Crippen LogP contribution in [0.15, 0.2) is 23.1 Å². The first-order valence-electron chi connectivity index (χ1n) is 5.32. The van der Waals surface area contributed by atoms with Gasteiger partial charge in [0.25, 0.3) is 0 Å². The lowest BCUT2D eigenvalue weighted by atomic mass is 10.3. The Morgan fingerprint density at radius 3 is 2.67 bits per heavy atom. The molecule has 0 saturated carbocycles. The van der Waals surface area contributed by atoms with Crippen molar-refractivity contribution in [3.8, 4) is 5.75 Å². The Hall–Kier alpha value is -0.820. The van der Waals surface area contributed by atoms with Crippen LogP contribution in [0.1, 0.15) is 13.3 Å². The average Bonchev–Trinajstić information content (AvgIpc) is 2.27. The fourth-order valence-electron chi connectivity index (χ4n) is 1.36. The molecule has 0 aliphatic heterocycles. The molecule has 2 N–H and O–H groups in total. The molecule has 102 valence electrons. The highest BCUT2D eigenvalue weighted by Gasteiger charge is 2.17. The molecule has 1 unspecified atom stereocenters. The van der Waals surface area contributed by atoms with E-state index in [1.807, 2.05) is 6.92 Å². The Bertz CT molecular complexity index is 504. The Morgan fingerprint density at radius 2 is 2.11 bits per heavy atom. The van der Waals surface area contributed by atoms with Gasteiger partial charge >= 0.3 is 0 Å². The Morgan fingerprint density at radius 1 is 1.44 bits per heavy atom. The molecule has 7 heteroatoms. The summed E-state index contributed by atoms with van der Waals surface area (Å²) in [4.78, 5) is -0.112. The standard InChI is InChI=1S/C11H16ClNO4S/c1-8(5-6-16-2)17-10-4-3-9(12)7-11(10)18(13,14)15/h3-4,7-8H,5-6H2,1-2H3,(H2,13,14,15). The van der Waals surface area contributed by atoms with E-state index in [9.17, 15) is 8.42 Å². The zero-order valence-electron chi connectivity index (χ0n) is 10.2. The summed E-state index contributed by atoms with van der Waals surface area (Å²) >= 11 is 5.75. The molecular weight excluding hydrogens is 278 g/mol. The van der Waals surface area contributed by atoms with Crippen molar-refractivity contribution in [2.75, 3.05) is 13.7 Å². The number of benzene rings is 1. The summed E-state index contributed by atoms with van der Waals surface area (Å²) in [7, 11) is -2.27. The van der Waals surface area contributed by atoms with E-state index >= 15 is 0 Å². The first-order valence-corrected chi connectivity index (χ1v) is 7.25. The lowest BCUT2D eigenvalue weighted by Crippen LogP contribution is -2.18. The second-order valence-electron chi connectivity index (χ2n) is 3.85. The molecule has 1 atom stereocenters. The van der Waals surface area contributed by atoms with Crippen LogP contribution in [0.4, 0.5) is 0 Å². The van der Waals surface area contributed by atoms with Crippen LogP contribution in [-0.4, -0.2) is 28.2 Å². The minimum atomic E-state index is -3.86. The van der Waals surface area contributed by atoms with Crippen LogP contribution in [0.2, 0.25) is 5.02 Å². The maximum Gasteiger partial charge on any atom is 0.241 e. The SMILES string of the molecule is COCCC(C)Oc1ccc(Cl)cc1S(N)(=O)=O. The van der Waals surface area contributed by atoms with E-state index in [0.29, 0.717) is 13.0 Å². The van der Waals surface area contributed by atoms with E-state index in [4.69, 9.17) is 26.2 Å². The summed E-state index contributed by atoms with van der Waals surface area (Å²) in [5.74, 6) is 0.200. The lowest BCUT2D eigenvalue weighted by molar-refractivity contribution is 0.133. The van der Waals surface area contributed by atoms with Gasteiger partial charge in [0.1, 0.15) is 10.6 Å². The van der Waals surface area contributed by atoms with Crippen molar-refractivity contribution < 1.29 is 17.9 Å². The largest absolute Gasteiger partial charge is 0.489 e. The van der Waals surface area contributed by atoms with Gasteiger partial charge in [-0.05, 0) is 25.1 Å². The van der Waals surface area contributed by atoms with Gasteiger partial charge in [-0.3, -0.25) is 0 Å². The van der Waals surface area contributed by atoms with Gasteiger partial charge in [-0.15, -0.1) is 0 Å². The molecule has 1 rings (SSSR count). The van der Waals surface area contributed by atoms with Gasteiger partial charge in [0, 0.05) is 25.2 Å². The third-order valence-corrected chi connectivity index (χ3v) is 3.44. The summed E-state index contributed by atoms with van der Waals surface area (Å²) in [6.07, 6.45) is 0.454. The molecule has 0 saturated heterocycles. The molecule has 0 fully saturated rings. The average molecular weight is 294 g/mol. The summed E-state index contributed by atoms with van der Waals surface area (Å²) in [5, 5.41) is 5.40. The van der Waals surface area contributed by atoms with Crippen LogP contribution in [0.5, 0.6) is 5.75 Å². The van der Waals surface area contributed by atoms with Gasteiger partial charge in [-0.25, -0.2) is 13.6 Å². The number of rotatable bonds is 6. The molecular formula is C11H16ClNO4S. The Kier molecular flexibility index (Phi) is 5.40. The van der Waals surface area contributed by atoms with Gasteiger partial charge in [-0.1, -0.05) is 11.6 Å². The second-order valence-corrected chi connectivity index (χ2v) is 5.81. The number of sulfonamides is 1. The summed E-state index contributed by atoms with van der Waals surface area (Å²) in [6.45, 7) is 2.35. The lowest BCUT2D eigenvalue weighted by Gasteiger charge is -2.16. The molecule has 0 amide bonds. The Labute approximate surface area is 112 Å². The van der Waals surface area contributed by atoms with E-state index in [0.717, 1.165) is 0 Å². The number of ether oxygens (including phenoxy) is 2. The van der Waals surface area contributed by atoms with Crippen LogP contribution >= 0.6 is 11.6 Å². The predicted molar refractivity (Wildman–Crippen MR) is 69.4 cm³/mol. The predicted octanol–water partition coefficient (Wildman–Crippen LogP) is 1.79. The summed E-state index contributed by atoms with van der Waals surface area (Å²) < 4.78 is 33.3. The number of hydrogen-bond donors (Lipinski definition) is 1. The summed E-state index contributed by atoms with van der Waals surface area (Å²) in [6, 6.07) is 4.31. The van der Waals surface area contributed by atoms with Crippen molar-refractivity contribution in [1.82, 2.24) is 0 Å². The van der Waals surface area contributed by atoms with Crippen LogP contribution in [0.3, 0.4) is 0 Å². The zero-order chi connectivity index (χ0) is 13.8. The fourth-order valence-corrected chi connectivity index (χ4v) is 2.29. The number of nitrogens with two attached hydrogens (primary N) is 1. The van der Waals surface area contributed by atoms with Gasteiger partial charge in [0.15, 0.2) is 0 Å². The first-order chi connectivity index (χ1) is 8.34. The van der Waals surface area contributed by atoms with Crippen molar-refractivity contribution in [2.45, 2.75) is 24.3 Å². The van der Waals surface area contributed by atoms with Crippen molar-refractivity contribution in [3.05, 3.63) is 23.2 Å².